The van der Waals surface area contributed by atoms with Crippen LogP contribution in [-0.2, 0) is 4.79 Å². The minimum Gasteiger partial charge on any atom is -0.340 e. The summed E-state index contributed by atoms with van der Waals surface area (Å²) in [5.41, 5.74) is 0.949. The van der Waals surface area contributed by atoms with Gasteiger partial charge in [0.25, 0.3) is 0 Å². The maximum atomic E-state index is 13.6. The third-order valence-electron chi connectivity index (χ3n) is 5.53. The molecule has 156 valence electrons. The highest BCUT2D eigenvalue weighted by Crippen LogP contribution is 2.26. The molecule has 1 amide bonds. The SMILES string of the molecule is CCN(CC)CCN(C(=O)C1CCCN(c2ncccn2)C1)c1cccc(Br)c1. The smallest absolute Gasteiger partial charge is 0.231 e. The molecule has 1 aromatic heterocycles. The molecule has 1 aromatic carbocycles. The highest BCUT2D eigenvalue weighted by molar-refractivity contribution is 9.10. The van der Waals surface area contributed by atoms with E-state index in [4.69, 9.17) is 0 Å². The van der Waals surface area contributed by atoms with Crippen molar-refractivity contribution in [1.29, 1.82) is 0 Å². The van der Waals surface area contributed by atoms with E-state index in [1.165, 1.54) is 0 Å². The molecule has 0 aliphatic carbocycles. The fourth-order valence-corrected chi connectivity index (χ4v) is 4.21. The summed E-state index contributed by atoms with van der Waals surface area (Å²) in [5, 5.41) is 0. The number of carbonyl (C=O) groups excluding carboxylic acids is 1. The molecule has 1 fully saturated rings. The van der Waals surface area contributed by atoms with Gasteiger partial charge in [0.15, 0.2) is 0 Å². The van der Waals surface area contributed by atoms with Crippen molar-refractivity contribution in [2.75, 3.05) is 49.1 Å². The maximum absolute atomic E-state index is 13.6. The zero-order valence-corrected chi connectivity index (χ0v) is 18.9. The Hall–Kier alpha value is -1.99. The summed E-state index contributed by atoms with van der Waals surface area (Å²) in [4.78, 5) is 28.8. The van der Waals surface area contributed by atoms with Crippen LogP contribution in [0.1, 0.15) is 26.7 Å². The third kappa shape index (κ3) is 5.76. The van der Waals surface area contributed by atoms with E-state index in [2.05, 4.69) is 49.5 Å². The quantitative estimate of drug-likeness (QED) is 0.600. The molecule has 7 heteroatoms. The van der Waals surface area contributed by atoms with Crippen LogP contribution in [0.5, 0.6) is 0 Å². The van der Waals surface area contributed by atoms with Gasteiger partial charge < -0.3 is 14.7 Å². The molecule has 1 aliphatic heterocycles. The highest BCUT2D eigenvalue weighted by Gasteiger charge is 2.31. The molecule has 3 rings (SSSR count). The number of anilines is 2. The minimum atomic E-state index is -0.0526. The molecule has 0 N–H and O–H groups in total. The first-order chi connectivity index (χ1) is 14.1. The Bertz CT molecular complexity index is 784. The molecular weight excluding hydrogens is 430 g/mol. The molecule has 1 atom stereocenters. The lowest BCUT2D eigenvalue weighted by Crippen LogP contribution is -2.47. The fraction of sp³-hybridized carbons (Fsp3) is 0.500. The van der Waals surface area contributed by atoms with E-state index in [1.807, 2.05) is 35.2 Å². The maximum Gasteiger partial charge on any atom is 0.231 e. The molecule has 0 spiro atoms. The van der Waals surface area contributed by atoms with Gasteiger partial charge in [-0.15, -0.1) is 0 Å². The molecule has 0 saturated carbocycles. The molecular formula is C22H30BrN5O. The Labute approximate surface area is 182 Å². The van der Waals surface area contributed by atoms with Crippen molar-refractivity contribution in [3.63, 3.8) is 0 Å². The Morgan fingerprint density at radius 1 is 1.17 bits per heavy atom. The lowest BCUT2D eigenvalue weighted by molar-refractivity contribution is -0.122. The monoisotopic (exact) mass is 459 g/mol. The number of halogens is 1. The van der Waals surface area contributed by atoms with Gasteiger partial charge in [0.1, 0.15) is 0 Å². The van der Waals surface area contributed by atoms with E-state index in [0.717, 1.165) is 49.2 Å². The highest BCUT2D eigenvalue weighted by atomic mass is 79.9. The van der Waals surface area contributed by atoms with Crippen molar-refractivity contribution in [3.05, 3.63) is 47.2 Å². The van der Waals surface area contributed by atoms with Gasteiger partial charge in [-0.2, -0.15) is 0 Å². The van der Waals surface area contributed by atoms with Crippen LogP contribution in [0, 0.1) is 5.92 Å². The second kappa shape index (κ2) is 10.7. The molecule has 2 aromatic rings. The van der Waals surface area contributed by atoms with Crippen LogP contribution in [0.3, 0.4) is 0 Å². The van der Waals surface area contributed by atoms with E-state index in [-0.39, 0.29) is 11.8 Å². The van der Waals surface area contributed by atoms with Crippen LogP contribution in [0.25, 0.3) is 0 Å². The van der Waals surface area contributed by atoms with Crippen molar-refractivity contribution >= 4 is 33.5 Å². The van der Waals surface area contributed by atoms with Crippen LogP contribution < -0.4 is 9.80 Å². The lowest BCUT2D eigenvalue weighted by Gasteiger charge is -2.35. The standard InChI is InChI=1S/C22H30BrN5O/c1-3-26(4-2)14-15-28(20-10-5-9-19(23)16-20)21(29)18-8-6-13-27(17-18)22-24-11-7-12-25-22/h5,7,9-12,16,18H,3-4,6,8,13-15,17H2,1-2H3. The Balaban J connectivity index is 1.77. The normalized spacial score (nSPS) is 16.8. The van der Waals surface area contributed by atoms with Crippen LogP contribution in [-0.4, -0.2) is 60.0 Å². The number of rotatable bonds is 8. The molecule has 2 heterocycles. The summed E-state index contributed by atoms with van der Waals surface area (Å²) in [6, 6.07) is 9.85. The zero-order valence-electron chi connectivity index (χ0n) is 17.3. The second-order valence-electron chi connectivity index (χ2n) is 7.33. The van der Waals surface area contributed by atoms with E-state index >= 15 is 0 Å². The minimum absolute atomic E-state index is 0.0526. The number of hydrogen-bond acceptors (Lipinski definition) is 5. The molecule has 6 nitrogen and oxygen atoms in total. The summed E-state index contributed by atoms with van der Waals surface area (Å²) in [6.07, 6.45) is 5.38. The topological polar surface area (TPSA) is 52.6 Å². The fourth-order valence-electron chi connectivity index (χ4n) is 3.83. The summed E-state index contributed by atoms with van der Waals surface area (Å²) in [5.74, 6) is 0.848. The Morgan fingerprint density at radius 2 is 1.93 bits per heavy atom. The summed E-state index contributed by atoms with van der Waals surface area (Å²) >= 11 is 3.55. The first-order valence-corrected chi connectivity index (χ1v) is 11.2. The predicted molar refractivity (Wildman–Crippen MR) is 121 cm³/mol. The van der Waals surface area contributed by atoms with Crippen molar-refractivity contribution in [1.82, 2.24) is 14.9 Å². The number of aromatic nitrogens is 2. The summed E-state index contributed by atoms with van der Waals surface area (Å²) < 4.78 is 0.985. The molecule has 0 radical (unpaired) electrons. The number of hydrogen-bond donors (Lipinski definition) is 0. The van der Waals surface area contributed by atoms with Crippen molar-refractivity contribution in [2.45, 2.75) is 26.7 Å². The van der Waals surface area contributed by atoms with Gasteiger partial charge in [-0.3, -0.25) is 4.79 Å². The van der Waals surface area contributed by atoms with Gasteiger partial charge in [-0.25, -0.2) is 9.97 Å². The number of nitrogens with zero attached hydrogens (tertiary/aromatic N) is 5. The molecule has 1 aliphatic rings. The van der Waals surface area contributed by atoms with Gasteiger partial charge in [0, 0.05) is 48.7 Å². The average Bonchev–Trinajstić information content (AvgIpc) is 2.77. The number of carbonyl (C=O) groups is 1. The molecule has 1 unspecified atom stereocenters. The molecule has 29 heavy (non-hydrogen) atoms. The van der Waals surface area contributed by atoms with Gasteiger partial charge >= 0.3 is 0 Å². The summed E-state index contributed by atoms with van der Waals surface area (Å²) in [7, 11) is 0. The first-order valence-electron chi connectivity index (χ1n) is 10.4. The van der Waals surface area contributed by atoms with Crippen LogP contribution in [0.15, 0.2) is 47.2 Å². The van der Waals surface area contributed by atoms with Gasteiger partial charge in [0.05, 0.1) is 5.92 Å². The van der Waals surface area contributed by atoms with E-state index < -0.39 is 0 Å². The van der Waals surface area contributed by atoms with Crippen LogP contribution >= 0.6 is 15.9 Å². The second-order valence-corrected chi connectivity index (χ2v) is 8.25. The lowest BCUT2D eigenvalue weighted by atomic mass is 9.96. The van der Waals surface area contributed by atoms with Crippen molar-refractivity contribution in [2.24, 2.45) is 5.92 Å². The van der Waals surface area contributed by atoms with Crippen molar-refractivity contribution < 1.29 is 4.79 Å². The Kier molecular flexibility index (Phi) is 8.00. The largest absolute Gasteiger partial charge is 0.340 e. The number of benzene rings is 1. The third-order valence-corrected chi connectivity index (χ3v) is 6.02. The van der Waals surface area contributed by atoms with Gasteiger partial charge in [-0.05, 0) is 50.2 Å². The molecule has 1 saturated heterocycles. The summed E-state index contributed by atoms with van der Waals surface area (Å²) in [6.45, 7) is 9.40. The van der Waals surface area contributed by atoms with E-state index in [1.54, 1.807) is 12.4 Å². The van der Waals surface area contributed by atoms with E-state index in [0.29, 0.717) is 19.0 Å². The van der Waals surface area contributed by atoms with Gasteiger partial charge in [0.2, 0.25) is 11.9 Å². The molecule has 0 bridgehead atoms. The number of piperidine rings is 1. The number of amides is 1. The van der Waals surface area contributed by atoms with Crippen molar-refractivity contribution in [3.8, 4) is 0 Å². The average molecular weight is 460 g/mol. The van der Waals surface area contributed by atoms with Crippen LogP contribution in [0.2, 0.25) is 0 Å². The Morgan fingerprint density at radius 3 is 2.62 bits per heavy atom. The van der Waals surface area contributed by atoms with Gasteiger partial charge in [-0.1, -0.05) is 35.8 Å². The predicted octanol–water partition coefficient (Wildman–Crippen LogP) is 3.83. The van der Waals surface area contributed by atoms with E-state index in [9.17, 15) is 4.79 Å². The first kappa shape index (κ1) is 21.7. The zero-order chi connectivity index (χ0) is 20.6. The number of likely N-dealkylation sites (N-methyl/N-ethyl adjacent to an activating group) is 1. The van der Waals surface area contributed by atoms with Crippen LogP contribution in [0.4, 0.5) is 11.6 Å².